The molecule has 1 aliphatic rings. The smallest absolute Gasteiger partial charge is 0.277 e. The van der Waals surface area contributed by atoms with E-state index in [2.05, 4.69) is 31.9 Å². The van der Waals surface area contributed by atoms with Crippen LogP contribution < -0.4 is 31.9 Å². The minimum Gasteiger partial charge on any atom is -0.383 e. The van der Waals surface area contributed by atoms with Crippen LogP contribution in [-0.4, -0.2) is 52.9 Å². The van der Waals surface area contributed by atoms with Crippen LogP contribution in [-0.2, 0) is 0 Å². The van der Waals surface area contributed by atoms with E-state index < -0.39 is 4.92 Å². The second kappa shape index (κ2) is 14.9. The van der Waals surface area contributed by atoms with E-state index in [1.807, 2.05) is 30.3 Å². The van der Waals surface area contributed by atoms with E-state index in [1.54, 1.807) is 66.7 Å². The van der Waals surface area contributed by atoms with Crippen LogP contribution in [0.15, 0.2) is 103 Å². The average Bonchev–Trinajstić information content (AvgIpc) is 3.11. The lowest BCUT2D eigenvalue weighted by Crippen LogP contribution is -2.33. The van der Waals surface area contributed by atoms with Crippen LogP contribution in [0.2, 0.25) is 0 Å². The molecule has 5 aromatic carbocycles. The summed E-state index contributed by atoms with van der Waals surface area (Å²) in [4.78, 5) is 38.6. The molecule has 0 fully saturated rings. The fourth-order valence-electron chi connectivity index (χ4n) is 5.68. The summed E-state index contributed by atoms with van der Waals surface area (Å²) >= 11 is 10.9. The van der Waals surface area contributed by atoms with Crippen LogP contribution in [0.4, 0.5) is 28.4 Å². The number of carbonyl (C=O) groups is 2. The van der Waals surface area contributed by atoms with Gasteiger partial charge in [-0.3, -0.25) is 19.7 Å². The van der Waals surface area contributed by atoms with Crippen molar-refractivity contribution in [3.05, 3.63) is 135 Å². The molecule has 0 spiro atoms. The van der Waals surface area contributed by atoms with Gasteiger partial charge in [-0.15, -0.1) is 0 Å². The van der Waals surface area contributed by atoms with Crippen molar-refractivity contribution in [2.45, 2.75) is 0 Å². The summed E-state index contributed by atoms with van der Waals surface area (Å²) in [5.74, 6) is -0.470. The first kappa shape index (κ1) is 33.0. The highest BCUT2D eigenvalue weighted by Crippen LogP contribution is 2.36. The molecule has 0 unspecified atom stereocenters. The molecule has 5 aromatic rings. The number of nitro groups is 1. The molecule has 0 heterocycles. The van der Waals surface area contributed by atoms with Crippen molar-refractivity contribution in [1.29, 1.82) is 0 Å². The maximum absolute atomic E-state index is 13.8. The summed E-state index contributed by atoms with van der Waals surface area (Å²) < 4.78 is 0. The van der Waals surface area contributed by atoms with Crippen molar-refractivity contribution in [2.75, 3.05) is 47.4 Å². The molecule has 0 aromatic heterocycles. The van der Waals surface area contributed by atoms with Crippen LogP contribution in [0.25, 0.3) is 10.8 Å². The number of carbonyl (C=O) groups excluding carboxylic acids is 2. The summed E-state index contributed by atoms with van der Waals surface area (Å²) in [5, 5.41) is 32.6. The third kappa shape index (κ3) is 7.32. The largest absolute Gasteiger partial charge is 0.383 e. The van der Waals surface area contributed by atoms with Gasteiger partial charge in [0, 0.05) is 71.5 Å². The van der Waals surface area contributed by atoms with E-state index in [9.17, 15) is 19.7 Å². The molecule has 1 aliphatic carbocycles. The van der Waals surface area contributed by atoms with Crippen molar-refractivity contribution < 1.29 is 14.5 Å². The fourth-order valence-corrected chi connectivity index (χ4v) is 6.11. The molecule has 0 atom stereocenters. The van der Waals surface area contributed by atoms with Crippen molar-refractivity contribution in [3.8, 4) is 0 Å². The van der Waals surface area contributed by atoms with Gasteiger partial charge in [0.05, 0.1) is 21.4 Å². The number of ketones is 2. The quantitative estimate of drug-likeness (QED) is 0.0391. The lowest BCUT2D eigenvalue weighted by Gasteiger charge is -2.24. The number of nitrogens with one attached hydrogen (secondary N) is 6. The number of benzene rings is 5. The number of hydrogen-bond acceptors (Lipinski definition) is 8. The normalized spacial score (nSPS) is 11.6. The molecule has 6 rings (SSSR count). The number of non-ortho nitro benzene ring substituents is 1. The Bertz CT molecular complexity index is 2110. The van der Waals surface area contributed by atoms with E-state index in [-0.39, 0.29) is 17.3 Å². The summed E-state index contributed by atoms with van der Waals surface area (Å²) in [6.07, 6.45) is 0. The van der Waals surface area contributed by atoms with Gasteiger partial charge in [-0.1, -0.05) is 60.7 Å². The second-order valence-corrected chi connectivity index (χ2v) is 11.8. The Morgan fingerprint density at radius 3 is 1.63 bits per heavy atom. The molecule has 0 bridgehead atoms. The number of para-hydroxylation sites is 1. The second-order valence-electron chi connectivity index (χ2n) is 11.0. The van der Waals surface area contributed by atoms with E-state index in [4.69, 9.17) is 24.4 Å². The molecule has 0 aliphatic heterocycles. The van der Waals surface area contributed by atoms with E-state index in [1.165, 1.54) is 6.07 Å². The minimum absolute atomic E-state index is 0.0151. The van der Waals surface area contributed by atoms with Crippen LogP contribution in [0.1, 0.15) is 31.8 Å². The molecule has 13 heteroatoms. The van der Waals surface area contributed by atoms with Gasteiger partial charge in [-0.25, -0.2) is 0 Å². The number of nitro benzene ring substituents is 1. The number of rotatable bonds is 11. The Kier molecular flexibility index (Phi) is 10.0. The summed E-state index contributed by atoms with van der Waals surface area (Å²) in [7, 11) is 0. The van der Waals surface area contributed by atoms with Crippen LogP contribution in [0.5, 0.6) is 0 Å². The average molecular weight is 690 g/mol. The number of fused-ring (bicyclic) bond motifs is 3. The van der Waals surface area contributed by atoms with Gasteiger partial charge >= 0.3 is 0 Å². The Balaban J connectivity index is 1.11. The maximum atomic E-state index is 13.8. The molecule has 0 saturated carbocycles. The first-order chi connectivity index (χ1) is 23.8. The Labute approximate surface area is 292 Å². The molecule has 0 saturated heterocycles. The monoisotopic (exact) mass is 689 g/mol. The lowest BCUT2D eigenvalue weighted by atomic mass is 9.82. The van der Waals surface area contributed by atoms with E-state index >= 15 is 0 Å². The molecular formula is C36H31N7O4S2. The number of nitrogens with zero attached hydrogens (tertiary/aromatic N) is 1. The minimum atomic E-state index is -0.411. The molecule has 246 valence electrons. The molecule has 0 amide bonds. The molecule has 11 nitrogen and oxygen atoms in total. The van der Waals surface area contributed by atoms with Gasteiger partial charge in [-0.2, -0.15) is 0 Å². The van der Waals surface area contributed by atoms with Gasteiger partial charge in [0.25, 0.3) is 5.69 Å². The molecule has 0 radical (unpaired) electrons. The van der Waals surface area contributed by atoms with E-state index in [0.717, 1.165) is 5.69 Å². The van der Waals surface area contributed by atoms with Gasteiger partial charge in [0.2, 0.25) is 0 Å². The number of hydrogen-bond donors (Lipinski definition) is 6. The first-order valence-corrected chi connectivity index (χ1v) is 16.3. The predicted octanol–water partition coefficient (Wildman–Crippen LogP) is 6.32. The lowest BCUT2D eigenvalue weighted by molar-refractivity contribution is -0.383. The molecule has 6 N–H and O–H groups in total. The van der Waals surface area contributed by atoms with Gasteiger partial charge in [-0.05, 0) is 60.8 Å². The topological polar surface area (TPSA) is 149 Å². The Morgan fingerprint density at radius 2 is 1.06 bits per heavy atom. The standard InChI is InChI=1S/C36H31N7O4S2/c44-33-25-12-6-7-13-26(25)34(45)32-29(15-14-28(31(32)33)37-18-20-39-35(48)41-22-8-2-1-3-9-22)38-19-21-40-36(49)42-27-16-17-30(43(46)47)24-11-5-4-10-23(24)27/h1-17,37-38H,18-21H2,(H2,39,41,48)(H2,40,42,49). The summed E-state index contributed by atoms with van der Waals surface area (Å²) in [5.41, 5.74) is 3.95. The predicted molar refractivity (Wildman–Crippen MR) is 202 cm³/mol. The van der Waals surface area contributed by atoms with Crippen molar-refractivity contribution >= 4 is 85.4 Å². The maximum Gasteiger partial charge on any atom is 0.277 e. The van der Waals surface area contributed by atoms with E-state index in [0.29, 0.717) is 86.5 Å². The van der Waals surface area contributed by atoms with Gasteiger partial charge in [0.1, 0.15) is 0 Å². The highest BCUT2D eigenvalue weighted by Gasteiger charge is 2.33. The summed E-state index contributed by atoms with van der Waals surface area (Å²) in [6.45, 7) is 1.67. The zero-order chi connectivity index (χ0) is 34.3. The zero-order valence-electron chi connectivity index (χ0n) is 26.0. The van der Waals surface area contributed by atoms with Crippen molar-refractivity contribution in [1.82, 2.24) is 10.6 Å². The van der Waals surface area contributed by atoms with Crippen molar-refractivity contribution in [3.63, 3.8) is 0 Å². The van der Waals surface area contributed by atoms with Crippen LogP contribution in [0, 0.1) is 10.1 Å². The summed E-state index contributed by atoms with van der Waals surface area (Å²) in [6, 6.07) is 30.1. The van der Waals surface area contributed by atoms with Crippen LogP contribution >= 0.6 is 24.4 Å². The van der Waals surface area contributed by atoms with Crippen LogP contribution in [0.3, 0.4) is 0 Å². The Morgan fingerprint density at radius 1 is 0.571 bits per heavy atom. The molecule has 49 heavy (non-hydrogen) atoms. The SMILES string of the molecule is O=C1c2ccccc2C(=O)c2c(NCCNC(=S)Nc3ccc([N+](=O)[O-])c4ccccc34)ccc(NCCNC(=S)Nc3ccccc3)c21. The highest BCUT2D eigenvalue weighted by atomic mass is 32.1. The van der Waals surface area contributed by atoms with Gasteiger partial charge in [0.15, 0.2) is 21.8 Å². The number of anilines is 4. The Hall–Kier alpha value is -5.92. The zero-order valence-corrected chi connectivity index (χ0v) is 27.7. The third-order valence-corrected chi connectivity index (χ3v) is 8.40. The van der Waals surface area contributed by atoms with Gasteiger partial charge < -0.3 is 31.9 Å². The third-order valence-electron chi connectivity index (χ3n) is 7.91. The highest BCUT2D eigenvalue weighted by molar-refractivity contribution is 7.80. The first-order valence-electron chi connectivity index (χ1n) is 15.5. The molecular weight excluding hydrogens is 659 g/mol. The number of thiocarbonyl (C=S) groups is 2. The van der Waals surface area contributed by atoms with Crippen molar-refractivity contribution in [2.24, 2.45) is 0 Å². The fraction of sp³-hybridized carbons (Fsp3) is 0.111.